The topological polar surface area (TPSA) is 88.4 Å². The van der Waals surface area contributed by atoms with E-state index in [1.165, 1.54) is 12.1 Å². The quantitative estimate of drug-likeness (QED) is 0.565. The number of aryl methyl sites for hydroxylation is 1. The number of aromatic nitrogens is 3. The number of hydrogen-bond acceptors (Lipinski definition) is 6. The summed E-state index contributed by atoms with van der Waals surface area (Å²) in [6.07, 6.45) is 0.505. The summed E-state index contributed by atoms with van der Waals surface area (Å²) in [5.41, 5.74) is 2.63. The highest BCUT2D eigenvalue weighted by molar-refractivity contribution is 7.91. The second-order valence-electron chi connectivity index (χ2n) is 9.04. The van der Waals surface area contributed by atoms with Crippen molar-refractivity contribution >= 4 is 26.8 Å². The second kappa shape index (κ2) is 8.74. The zero-order valence-electron chi connectivity index (χ0n) is 19.4. The number of amides is 1. The van der Waals surface area contributed by atoms with Gasteiger partial charge in [-0.1, -0.05) is 6.92 Å². The Hall–Kier alpha value is -2.85. The van der Waals surface area contributed by atoms with Crippen molar-refractivity contribution < 1.29 is 17.6 Å². The molecule has 8 nitrogen and oxygen atoms in total. The molecule has 0 N–H and O–H groups in total. The summed E-state index contributed by atoms with van der Waals surface area (Å²) in [6.45, 7) is 7.70. The summed E-state index contributed by atoms with van der Waals surface area (Å²) in [5.74, 6) is 0.302. The molecule has 1 aromatic carbocycles. The number of pyridine rings is 1. The molecule has 10 heteroatoms. The van der Waals surface area contributed by atoms with Crippen LogP contribution in [0.5, 0.6) is 0 Å². The third-order valence-corrected chi connectivity index (χ3v) is 8.63. The molecule has 1 atom stereocenters. The van der Waals surface area contributed by atoms with Gasteiger partial charge in [0.05, 0.1) is 28.8 Å². The Bertz CT molecular complexity index is 1350. The molecule has 2 aliphatic heterocycles. The average Bonchev–Trinajstić information content (AvgIpc) is 3.35. The average molecular weight is 486 g/mol. The number of likely N-dealkylation sites (N-methyl/N-ethyl adjacent to an activating group) is 1. The molecule has 0 saturated carbocycles. The van der Waals surface area contributed by atoms with Crippen molar-refractivity contribution in [3.8, 4) is 11.3 Å². The van der Waals surface area contributed by atoms with Crippen LogP contribution in [0.4, 0.5) is 4.39 Å². The molecule has 180 valence electrons. The van der Waals surface area contributed by atoms with Crippen molar-refractivity contribution in [2.75, 3.05) is 44.2 Å². The van der Waals surface area contributed by atoms with Crippen molar-refractivity contribution in [1.29, 1.82) is 0 Å². The molecule has 1 unspecified atom stereocenters. The molecule has 3 aromatic rings. The van der Waals surface area contributed by atoms with Crippen LogP contribution in [0.2, 0.25) is 0 Å². The van der Waals surface area contributed by atoms with Gasteiger partial charge in [-0.15, -0.1) is 0 Å². The van der Waals surface area contributed by atoms with Gasteiger partial charge in [0.2, 0.25) is 0 Å². The highest BCUT2D eigenvalue weighted by atomic mass is 32.2. The fourth-order valence-corrected chi connectivity index (χ4v) is 6.68. The zero-order chi connectivity index (χ0) is 24.0. The minimum atomic E-state index is -3.11. The molecule has 2 aliphatic rings. The number of carbonyl (C=O) groups excluding carboxylic acids is 1. The fourth-order valence-electron chi connectivity index (χ4n) is 4.98. The number of piperazine rings is 1. The molecule has 0 spiro atoms. The lowest BCUT2D eigenvalue weighted by Gasteiger charge is -2.33. The minimum Gasteiger partial charge on any atom is -0.335 e. The van der Waals surface area contributed by atoms with Gasteiger partial charge in [0.1, 0.15) is 17.2 Å². The molecule has 5 rings (SSSR count). The SMILES string of the molecule is CCN1CCN(C(=O)c2nc(-c3ccc(F)cc3)cc3c2nc(C)n3C2CCS(=O)(=O)C2)CC1. The standard InChI is InChI=1S/C24H28FN5O3S/c1-3-28-9-11-29(12-10-28)24(31)23-22-21(14-20(27-23)17-4-6-18(25)7-5-17)30(16(2)26-22)19-8-13-34(32,33)15-19/h4-7,14,19H,3,8-13,15H2,1-2H3. The predicted octanol–water partition coefficient (Wildman–Crippen LogP) is 2.68. The number of benzene rings is 1. The van der Waals surface area contributed by atoms with E-state index < -0.39 is 9.84 Å². The Labute approximate surface area is 198 Å². The summed E-state index contributed by atoms with van der Waals surface area (Å²) in [4.78, 5) is 27.1. The Morgan fingerprint density at radius 3 is 2.44 bits per heavy atom. The van der Waals surface area contributed by atoms with E-state index in [4.69, 9.17) is 4.98 Å². The maximum Gasteiger partial charge on any atom is 0.274 e. The van der Waals surface area contributed by atoms with Crippen LogP contribution in [-0.2, 0) is 9.84 Å². The minimum absolute atomic E-state index is 0.0514. The van der Waals surface area contributed by atoms with Crippen LogP contribution in [0, 0.1) is 12.7 Å². The summed E-state index contributed by atoms with van der Waals surface area (Å²) in [7, 11) is -3.11. The first kappa shape index (κ1) is 22.9. The molecule has 0 bridgehead atoms. The van der Waals surface area contributed by atoms with Crippen molar-refractivity contribution in [3.05, 3.63) is 47.7 Å². The van der Waals surface area contributed by atoms with Gasteiger partial charge in [-0.25, -0.2) is 22.8 Å². The van der Waals surface area contributed by atoms with Crippen LogP contribution < -0.4 is 0 Å². The summed E-state index contributed by atoms with van der Waals surface area (Å²) in [5, 5.41) is 0. The van der Waals surface area contributed by atoms with Crippen molar-refractivity contribution in [2.45, 2.75) is 26.3 Å². The van der Waals surface area contributed by atoms with Crippen LogP contribution in [0.15, 0.2) is 30.3 Å². The van der Waals surface area contributed by atoms with Gasteiger partial charge < -0.3 is 14.4 Å². The first-order chi connectivity index (χ1) is 16.3. The van der Waals surface area contributed by atoms with E-state index in [0.717, 1.165) is 19.6 Å². The Morgan fingerprint density at radius 2 is 1.82 bits per heavy atom. The van der Waals surface area contributed by atoms with E-state index in [9.17, 15) is 17.6 Å². The van der Waals surface area contributed by atoms with E-state index in [1.807, 2.05) is 17.6 Å². The number of carbonyl (C=O) groups is 1. The molecule has 0 radical (unpaired) electrons. The van der Waals surface area contributed by atoms with E-state index >= 15 is 0 Å². The fraction of sp³-hybridized carbons (Fsp3) is 0.458. The van der Waals surface area contributed by atoms with Crippen molar-refractivity contribution in [1.82, 2.24) is 24.3 Å². The molecule has 2 saturated heterocycles. The molecule has 34 heavy (non-hydrogen) atoms. The second-order valence-corrected chi connectivity index (χ2v) is 11.3. The van der Waals surface area contributed by atoms with Gasteiger partial charge in [-0.05, 0) is 50.2 Å². The van der Waals surface area contributed by atoms with Crippen LogP contribution >= 0.6 is 0 Å². The molecular weight excluding hydrogens is 457 g/mol. The number of nitrogens with zero attached hydrogens (tertiary/aromatic N) is 5. The molecule has 2 aromatic heterocycles. The smallest absolute Gasteiger partial charge is 0.274 e. The lowest BCUT2D eigenvalue weighted by Crippen LogP contribution is -2.48. The first-order valence-corrected chi connectivity index (χ1v) is 13.5. The summed E-state index contributed by atoms with van der Waals surface area (Å²) in [6, 6.07) is 7.57. The van der Waals surface area contributed by atoms with E-state index in [1.54, 1.807) is 17.0 Å². The normalized spacial score (nSPS) is 20.8. The number of fused-ring (bicyclic) bond motifs is 1. The van der Waals surface area contributed by atoms with Gasteiger partial charge in [-0.3, -0.25) is 4.79 Å². The predicted molar refractivity (Wildman–Crippen MR) is 128 cm³/mol. The molecule has 4 heterocycles. The number of sulfone groups is 1. The lowest BCUT2D eigenvalue weighted by molar-refractivity contribution is 0.0639. The van der Waals surface area contributed by atoms with Crippen molar-refractivity contribution in [3.63, 3.8) is 0 Å². The third-order valence-electron chi connectivity index (χ3n) is 6.88. The molecule has 2 fully saturated rings. The van der Waals surface area contributed by atoms with Gasteiger partial charge in [0, 0.05) is 31.7 Å². The first-order valence-electron chi connectivity index (χ1n) is 11.6. The van der Waals surface area contributed by atoms with Gasteiger partial charge >= 0.3 is 0 Å². The number of rotatable bonds is 4. The maximum atomic E-state index is 13.6. The van der Waals surface area contributed by atoms with Gasteiger partial charge in [0.25, 0.3) is 5.91 Å². The van der Waals surface area contributed by atoms with Gasteiger partial charge in [-0.2, -0.15) is 0 Å². The number of imidazole rings is 1. The molecule has 1 amide bonds. The maximum absolute atomic E-state index is 13.6. The Balaban J connectivity index is 1.64. The Kier molecular flexibility index (Phi) is 5.89. The largest absolute Gasteiger partial charge is 0.335 e. The highest BCUT2D eigenvalue weighted by Crippen LogP contribution is 2.33. The third kappa shape index (κ3) is 4.20. The summed E-state index contributed by atoms with van der Waals surface area (Å²) >= 11 is 0. The molecule has 0 aliphatic carbocycles. The van der Waals surface area contributed by atoms with Crippen LogP contribution in [-0.4, -0.2) is 82.9 Å². The van der Waals surface area contributed by atoms with Crippen LogP contribution in [0.3, 0.4) is 0 Å². The monoisotopic (exact) mass is 485 g/mol. The number of hydrogen-bond donors (Lipinski definition) is 0. The Morgan fingerprint density at radius 1 is 1.12 bits per heavy atom. The van der Waals surface area contributed by atoms with E-state index in [2.05, 4.69) is 16.8 Å². The van der Waals surface area contributed by atoms with Crippen LogP contribution in [0.25, 0.3) is 22.3 Å². The zero-order valence-corrected chi connectivity index (χ0v) is 20.2. The highest BCUT2D eigenvalue weighted by Gasteiger charge is 2.33. The van der Waals surface area contributed by atoms with Crippen molar-refractivity contribution in [2.24, 2.45) is 0 Å². The molecular formula is C24H28FN5O3S. The number of halogens is 1. The van der Waals surface area contributed by atoms with E-state index in [0.29, 0.717) is 47.6 Å². The summed E-state index contributed by atoms with van der Waals surface area (Å²) < 4.78 is 39.9. The lowest BCUT2D eigenvalue weighted by atomic mass is 10.1. The van der Waals surface area contributed by atoms with Crippen LogP contribution in [0.1, 0.15) is 35.7 Å². The van der Waals surface area contributed by atoms with E-state index in [-0.39, 0.29) is 35.0 Å². The van der Waals surface area contributed by atoms with Gasteiger partial charge in [0.15, 0.2) is 15.5 Å².